The minimum absolute atomic E-state index is 0.418. The first-order chi connectivity index (χ1) is 7.76. The van der Waals surface area contributed by atoms with E-state index in [-0.39, 0.29) is 0 Å². The third-order valence-corrected chi connectivity index (χ3v) is 3.06. The Bertz CT molecular complexity index is 365. The van der Waals surface area contributed by atoms with Crippen molar-refractivity contribution in [2.45, 2.75) is 6.54 Å². The summed E-state index contributed by atoms with van der Waals surface area (Å²) in [6, 6.07) is 4.17. The molecule has 3 nitrogen and oxygen atoms in total. The Balaban J connectivity index is 2.45. The van der Waals surface area contributed by atoms with E-state index in [0.29, 0.717) is 6.54 Å². The van der Waals surface area contributed by atoms with Gasteiger partial charge in [0.2, 0.25) is 0 Å². The van der Waals surface area contributed by atoms with E-state index in [1.54, 1.807) is 18.4 Å². The number of nitrogens with two attached hydrogens (primary N) is 1. The monoisotopic (exact) mass is 238 g/mol. The fourth-order valence-electron chi connectivity index (χ4n) is 1.26. The van der Waals surface area contributed by atoms with Crippen LogP contribution < -0.4 is 5.73 Å². The topological polar surface area (TPSA) is 38.5 Å². The molecule has 0 amide bonds. The Morgan fingerprint density at radius 2 is 2.31 bits per heavy atom. The van der Waals surface area contributed by atoms with Gasteiger partial charge in [-0.05, 0) is 19.2 Å². The van der Waals surface area contributed by atoms with E-state index in [0.717, 1.165) is 24.6 Å². The Morgan fingerprint density at radius 1 is 1.50 bits per heavy atom. The molecule has 0 saturated heterocycles. The van der Waals surface area contributed by atoms with Crippen LogP contribution >= 0.6 is 11.3 Å². The molecule has 1 heterocycles. The molecule has 1 aromatic heterocycles. The molecule has 4 heteroatoms. The maximum atomic E-state index is 5.33. The van der Waals surface area contributed by atoms with Gasteiger partial charge in [-0.15, -0.1) is 11.3 Å². The molecule has 0 aliphatic carbocycles. The smallest absolute Gasteiger partial charge is 0.0772 e. The van der Waals surface area contributed by atoms with Gasteiger partial charge in [-0.1, -0.05) is 11.8 Å². The molecule has 0 saturated carbocycles. The molecule has 0 atom stereocenters. The fourth-order valence-corrected chi connectivity index (χ4v) is 2.22. The minimum atomic E-state index is 0.418. The summed E-state index contributed by atoms with van der Waals surface area (Å²) in [4.78, 5) is 4.63. The molecule has 0 radical (unpaired) electrons. The molecule has 1 aromatic rings. The van der Waals surface area contributed by atoms with Crippen LogP contribution in [0, 0.1) is 11.8 Å². The molecule has 2 N–H and O–H groups in total. The maximum absolute atomic E-state index is 5.33. The molecule has 0 aromatic carbocycles. The zero-order valence-electron chi connectivity index (χ0n) is 9.82. The molecular formula is C12H18N2OS. The summed E-state index contributed by atoms with van der Waals surface area (Å²) in [5, 5.41) is 0. The van der Waals surface area contributed by atoms with E-state index in [4.69, 9.17) is 10.5 Å². The van der Waals surface area contributed by atoms with Gasteiger partial charge in [-0.3, -0.25) is 4.90 Å². The predicted molar refractivity (Wildman–Crippen MR) is 68.5 cm³/mol. The SMILES string of the molecule is COCCN(C)Cc1ccc(C#CCN)s1. The third-order valence-electron chi connectivity index (χ3n) is 2.08. The van der Waals surface area contributed by atoms with Crippen LogP contribution in [0.3, 0.4) is 0 Å². The highest BCUT2D eigenvalue weighted by Gasteiger charge is 2.02. The average Bonchev–Trinajstić information content (AvgIpc) is 2.71. The maximum Gasteiger partial charge on any atom is 0.0772 e. The van der Waals surface area contributed by atoms with E-state index in [9.17, 15) is 0 Å². The van der Waals surface area contributed by atoms with Crippen LogP contribution in [0.4, 0.5) is 0 Å². The Hall–Kier alpha value is -0.860. The lowest BCUT2D eigenvalue weighted by Crippen LogP contribution is -2.21. The van der Waals surface area contributed by atoms with Gasteiger partial charge < -0.3 is 10.5 Å². The molecule has 0 spiro atoms. The number of thiophene rings is 1. The zero-order valence-corrected chi connectivity index (χ0v) is 10.6. The summed E-state index contributed by atoms with van der Waals surface area (Å²) >= 11 is 1.72. The van der Waals surface area contributed by atoms with Gasteiger partial charge in [0.25, 0.3) is 0 Å². The number of hydrogen-bond donors (Lipinski definition) is 1. The quantitative estimate of drug-likeness (QED) is 0.782. The van der Waals surface area contributed by atoms with Crippen molar-refractivity contribution in [1.82, 2.24) is 4.90 Å². The zero-order chi connectivity index (χ0) is 11.8. The van der Waals surface area contributed by atoms with E-state index in [2.05, 4.69) is 29.9 Å². The number of hydrogen-bond acceptors (Lipinski definition) is 4. The van der Waals surface area contributed by atoms with Crippen molar-refractivity contribution in [2.24, 2.45) is 5.73 Å². The van der Waals surface area contributed by atoms with Crippen LogP contribution in [0.2, 0.25) is 0 Å². The van der Waals surface area contributed by atoms with Crippen LogP contribution in [-0.4, -0.2) is 38.8 Å². The molecule has 1 rings (SSSR count). The van der Waals surface area contributed by atoms with Crippen molar-refractivity contribution in [3.05, 3.63) is 21.9 Å². The highest BCUT2D eigenvalue weighted by molar-refractivity contribution is 7.12. The van der Waals surface area contributed by atoms with Crippen molar-refractivity contribution in [1.29, 1.82) is 0 Å². The van der Waals surface area contributed by atoms with E-state index in [1.807, 2.05) is 6.07 Å². The van der Waals surface area contributed by atoms with Crippen LogP contribution in [0.25, 0.3) is 0 Å². The molecule has 0 unspecified atom stereocenters. The summed E-state index contributed by atoms with van der Waals surface area (Å²) in [5.41, 5.74) is 5.33. The fraction of sp³-hybridized carbons (Fsp3) is 0.500. The average molecular weight is 238 g/mol. The first-order valence-corrected chi connectivity index (χ1v) is 6.03. The van der Waals surface area contributed by atoms with Crippen LogP contribution in [0.1, 0.15) is 9.75 Å². The Kier molecular flexibility index (Phi) is 6.12. The van der Waals surface area contributed by atoms with Crippen LogP contribution in [-0.2, 0) is 11.3 Å². The number of rotatable bonds is 5. The highest BCUT2D eigenvalue weighted by atomic mass is 32.1. The summed E-state index contributed by atoms with van der Waals surface area (Å²) < 4.78 is 5.03. The lowest BCUT2D eigenvalue weighted by atomic mass is 10.4. The normalized spacial score (nSPS) is 10.2. The molecule has 0 bridgehead atoms. The second-order valence-electron chi connectivity index (χ2n) is 3.50. The van der Waals surface area contributed by atoms with Crippen LogP contribution in [0.15, 0.2) is 12.1 Å². The van der Waals surface area contributed by atoms with Gasteiger partial charge in [-0.2, -0.15) is 0 Å². The molecule has 16 heavy (non-hydrogen) atoms. The molecular weight excluding hydrogens is 220 g/mol. The summed E-state index contributed by atoms with van der Waals surface area (Å²) in [6.45, 7) is 3.07. The third kappa shape index (κ3) is 4.77. The lowest BCUT2D eigenvalue weighted by Gasteiger charge is -2.14. The van der Waals surface area contributed by atoms with Gasteiger partial charge in [0.05, 0.1) is 18.0 Å². The highest BCUT2D eigenvalue weighted by Crippen LogP contribution is 2.16. The second-order valence-corrected chi connectivity index (χ2v) is 4.67. The number of methoxy groups -OCH3 is 1. The van der Waals surface area contributed by atoms with Gasteiger partial charge in [0.15, 0.2) is 0 Å². The Morgan fingerprint density at radius 3 is 3.00 bits per heavy atom. The number of nitrogens with zero attached hydrogens (tertiary/aromatic N) is 1. The van der Waals surface area contributed by atoms with Gasteiger partial charge in [0.1, 0.15) is 0 Å². The van der Waals surface area contributed by atoms with E-state index in [1.165, 1.54) is 4.88 Å². The standard InChI is InChI=1S/C12H18N2OS/c1-14(8-9-15-2)10-12-6-5-11(16-12)4-3-7-13/h5-6H,7-10,13H2,1-2H3. The van der Waals surface area contributed by atoms with Gasteiger partial charge >= 0.3 is 0 Å². The van der Waals surface area contributed by atoms with E-state index < -0.39 is 0 Å². The molecule has 0 fully saturated rings. The summed E-state index contributed by atoms with van der Waals surface area (Å²) in [7, 11) is 3.81. The molecule has 0 aliphatic heterocycles. The van der Waals surface area contributed by atoms with Crippen molar-refractivity contribution >= 4 is 11.3 Å². The van der Waals surface area contributed by atoms with Crippen LogP contribution in [0.5, 0.6) is 0 Å². The van der Waals surface area contributed by atoms with Crippen molar-refractivity contribution in [2.75, 3.05) is 33.9 Å². The van der Waals surface area contributed by atoms with Crippen molar-refractivity contribution in [3.8, 4) is 11.8 Å². The second kappa shape index (κ2) is 7.42. The first kappa shape index (κ1) is 13.2. The van der Waals surface area contributed by atoms with Gasteiger partial charge in [0, 0.05) is 25.1 Å². The Labute approximate surface area is 101 Å². The first-order valence-electron chi connectivity index (χ1n) is 5.21. The van der Waals surface area contributed by atoms with Gasteiger partial charge in [-0.25, -0.2) is 0 Å². The lowest BCUT2D eigenvalue weighted by molar-refractivity contribution is 0.159. The van der Waals surface area contributed by atoms with E-state index >= 15 is 0 Å². The van der Waals surface area contributed by atoms with Crippen molar-refractivity contribution in [3.63, 3.8) is 0 Å². The largest absolute Gasteiger partial charge is 0.383 e. The number of ether oxygens (including phenoxy) is 1. The molecule has 88 valence electrons. The summed E-state index contributed by atoms with van der Waals surface area (Å²) in [5.74, 6) is 5.90. The van der Waals surface area contributed by atoms with Crippen molar-refractivity contribution < 1.29 is 4.74 Å². The minimum Gasteiger partial charge on any atom is -0.383 e. The predicted octanol–water partition coefficient (Wildman–Crippen LogP) is 1.14. The number of likely N-dealkylation sites (N-methyl/N-ethyl adjacent to an activating group) is 1. The summed E-state index contributed by atoms with van der Waals surface area (Å²) in [6.07, 6.45) is 0. The molecule has 0 aliphatic rings.